The summed E-state index contributed by atoms with van der Waals surface area (Å²) in [4.78, 5) is 1.95. The number of nitrogens with two attached hydrogens (primary N) is 1. The van der Waals surface area contributed by atoms with Gasteiger partial charge in [0.05, 0.1) is 0 Å². The molecule has 1 aromatic rings. The Bertz CT molecular complexity index is 497. The van der Waals surface area contributed by atoms with E-state index in [1.54, 1.807) is 0 Å². The van der Waals surface area contributed by atoms with Gasteiger partial charge in [0.15, 0.2) is 0 Å². The zero-order chi connectivity index (χ0) is 14.2. The summed E-state index contributed by atoms with van der Waals surface area (Å²) in [6.45, 7) is 2.98. The van der Waals surface area contributed by atoms with Gasteiger partial charge in [0.25, 0.3) is 5.79 Å². The minimum atomic E-state index is -0.917. The Morgan fingerprint density at radius 1 is 1.30 bits per heavy atom. The predicted octanol–water partition coefficient (Wildman–Crippen LogP) is 1.14. The Balaban J connectivity index is 1.73. The molecule has 2 heterocycles. The molecule has 2 aliphatic heterocycles. The third-order valence-corrected chi connectivity index (χ3v) is 4.23. The van der Waals surface area contributed by atoms with Crippen molar-refractivity contribution in [1.82, 2.24) is 4.90 Å². The van der Waals surface area contributed by atoms with Gasteiger partial charge in [-0.25, -0.2) is 0 Å². The number of benzene rings is 1. The fraction of sp³-hybridized carbons (Fsp3) is 0.467. The maximum atomic E-state index is 10.3. The second-order valence-corrected chi connectivity index (χ2v) is 5.69. The Morgan fingerprint density at radius 3 is 2.60 bits per heavy atom. The second-order valence-electron chi connectivity index (χ2n) is 5.69. The summed E-state index contributed by atoms with van der Waals surface area (Å²) < 4.78 is 11.0. The number of likely N-dealkylation sites (tertiary alicyclic amines) is 1. The summed E-state index contributed by atoms with van der Waals surface area (Å²) in [6, 6.07) is 10.0. The number of aliphatic hydroxyl groups excluding tert-OH is 1. The Labute approximate surface area is 118 Å². The monoisotopic (exact) mass is 276 g/mol. The lowest BCUT2D eigenvalue weighted by Crippen LogP contribution is -2.61. The Hall–Kier alpha value is -1.56. The molecule has 0 amide bonds. The molecule has 2 atom stereocenters. The number of aliphatic hydroxyl groups is 1. The van der Waals surface area contributed by atoms with E-state index in [4.69, 9.17) is 15.2 Å². The Morgan fingerprint density at radius 2 is 1.95 bits per heavy atom. The lowest BCUT2D eigenvalue weighted by atomic mass is 9.89. The first-order valence-corrected chi connectivity index (χ1v) is 6.78. The number of nitrogens with zero attached hydrogens (tertiary/aromatic N) is 1. The Kier molecular flexibility index (Phi) is 3.20. The molecule has 3 rings (SSSR count). The highest BCUT2D eigenvalue weighted by Crippen LogP contribution is 2.39. The fourth-order valence-electron chi connectivity index (χ4n) is 2.87. The molecule has 0 aromatic heterocycles. The molecular weight excluding hydrogens is 256 g/mol. The third-order valence-electron chi connectivity index (χ3n) is 4.23. The molecule has 0 spiro atoms. The van der Waals surface area contributed by atoms with Crippen molar-refractivity contribution < 1.29 is 14.6 Å². The number of ether oxygens (including phenoxy) is 2. The van der Waals surface area contributed by atoms with Crippen LogP contribution in [0.2, 0.25) is 0 Å². The van der Waals surface area contributed by atoms with Gasteiger partial charge in [0.1, 0.15) is 24.3 Å². The van der Waals surface area contributed by atoms with E-state index in [0.717, 1.165) is 5.56 Å². The van der Waals surface area contributed by atoms with E-state index in [0.29, 0.717) is 19.5 Å². The van der Waals surface area contributed by atoms with E-state index < -0.39 is 17.6 Å². The van der Waals surface area contributed by atoms with Crippen LogP contribution in [-0.4, -0.2) is 34.1 Å². The molecule has 2 unspecified atom stereocenters. The summed E-state index contributed by atoms with van der Waals surface area (Å²) in [7, 11) is 0. The minimum absolute atomic E-state index is 0.415. The summed E-state index contributed by atoms with van der Waals surface area (Å²) >= 11 is 0. The van der Waals surface area contributed by atoms with Crippen LogP contribution >= 0.6 is 0 Å². The smallest absolute Gasteiger partial charge is 0.266 e. The third kappa shape index (κ3) is 2.18. The molecule has 2 aliphatic rings. The first kappa shape index (κ1) is 13.4. The largest absolute Gasteiger partial charge is 0.455 e. The molecule has 3 N–H and O–H groups in total. The van der Waals surface area contributed by atoms with E-state index in [2.05, 4.69) is 0 Å². The van der Waals surface area contributed by atoms with Crippen molar-refractivity contribution in [2.24, 2.45) is 5.73 Å². The number of rotatable bonds is 3. The molecule has 0 aliphatic carbocycles. The van der Waals surface area contributed by atoms with E-state index in [1.807, 2.05) is 42.2 Å². The molecule has 0 saturated carbocycles. The highest BCUT2D eigenvalue weighted by atomic mass is 16.7. The van der Waals surface area contributed by atoms with Gasteiger partial charge >= 0.3 is 0 Å². The maximum Gasteiger partial charge on any atom is 0.266 e. The summed E-state index contributed by atoms with van der Waals surface area (Å²) in [6.07, 6.45) is 2.82. The van der Waals surface area contributed by atoms with Gasteiger partial charge in [-0.1, -0.05) is 30.3 Å². The quantitative estimate of drug-likeness (QED) is 0.866. The summed E-state index contributed by atoms with van der Waals surface area (Å²) in [5.41, 5.74) is 6.84. The fourth-order valence-corrected chi connectivity index (χ4v) is 2.87. The van der Waals surface area contributed by atoms with E-state index in [-0.39, 0.29) is 0 Å². The molecule has 1 fully saturated rings. The molecule has 0 bridgehead atoms. The van der Waals surface area contributed by atoms with Gasteiger partial charge in [-0.05, 0) is 5.56 Å². The predicted molar refractivity (Wildman–Crippen MR) is 74.1 cm³/mol. The normalized spacial score (nSPS) is 32.0. The molecule has 5 heteroatoms. The molecule has 0 radical (unpaired) electrons. The molecule has 108 valence electrons. The van der Waals surface area contributed by atoms with Crippen LogP contribution in [0.15, 0.2) is 42.9 Å². The maximum absolute atomic E-state index is 10.3. The first-order valence-electron chi connectivity index (χ1n) is 6.78. The van der Waals surface area contributed by atoms with Crippen molar-refractivity contribution in [3.05, 3.63) is 48.4 Å². The average molecular weight is 276 g/mol. The standard InChI is InChI=1S/C15H20N2O3/c1-14(19-7-8-20-14)15(16)9-13(18)17(11-15)10-12-5-3-2-4-6-12/h2-8,13,18H,9-11,16H2,1H3. The van der Waals surface area contributed by atoms with Crippen molar-refractivity contribution in [3.8, 4) is 0 Å². The van der Waals surface area contributed by atoms with E-state index in [9.17, 15) is 5.11 Å². The van der Waals surface area contributed by atoms with Gasteiger partial charge in [-0.2, -0.15) is 0 Å². The van der Waals surface area contributed by atoms with Gasteiger partial charge in [0, 0.05) is 26.4 Å². The SMILES string of the molecule is CC1(C2(N)CC(O)N(Cc3ccccc3)C2)OC=CO1. The van der Waals surface area contributed by atoms with Crippen molar-refractivity contribution >= 4 is 0 Å². The van der Waals surface area contributed by atoms with Gasteiger partial charge in [-0.3, -0.25) is 4.90 Å². The van der Waals surface area contributed by atoms with Crippen molar-refractivity contribution in [2.45, 2.75) is 37.4 Å². The molecule has 1 aromatic carbocycles. The summed E-state index contributed by atoms with van der Waals surface area (Å²) in [5, 5.41) is 10.3. The lowest BCUT2D eigenvalue weighted by Gasteiger charge is -2.38. The van der Waals surface area contributed by atoms with Crippen LogP contribution in [0.5, 0.6) is 0 Å². The highest BCUT2D eigenvalue weighted by Gasteiger charge is 2.56. The van der Waals surface area contributed by atoms with Crippen LogP contribution in [0.25, 0.3) is 0 Å². The second kappa shape index (κ2) is 4.77. The van der Waals surface area contributed by atoms with Crippen LogP contribution in [0.1, 0.15) is 18.9 Å². The zero-order valence-corrected chi connectivity index (χ0v) is 11.5. The number of hydrogen-bond donors (Lipinski definition) is 2. The van der Waals surface area contributed by atoms with Crippen molar-refractivity contribution in [3.63, 3.8) is 0 Å². The molecule has 20 heavy (non-hydrogen) atoms. The number of hydrogen-bond acceptors (Lipinski definition) is 5. The average Bonchev–Trinajstić information content (AvgIpc) is 2.98. The lowest BCUT2D eigenvalue weighted by molar-refractivity contribution is -0.174. The van der Waals surface area contributed by atoms with Gasteiger partial charge in [0.2, 0.25) is 0 Å². The molecule has 1 saturated heterocycles. The van der Waals surface area contributed by atoms with Crippen molar-refractivity contribution in [1.29, 1.82) is 0 Å². The minimum Gasteiger partial charge on any atom is -0.455 e. The molecule has 5 nitrogen and oxygen atoms in total. The van der Waals surface area contributed by atoms with Crippen LogP contribution in [-0.2, 0) is 16.0 Å². The highest BCUT2D eigenvalue weighted by molar-refractivity contribution is 5.16. The van der Waals surface area contributed by atoms with E-state index in [1.165, 1.54) is 12.5 Å². The van der Waals surface area contributed by atoms with Crippen LogP contribution < -0.4 is 5.73 Å². The van der Waals surface area contributed by atoms with Crippen molar-refractivity contribution in [2.75, 3.05) is 6.54 Å². The summed E-state index contributed by atoms with van der Waals surface area (Å²) in [5.74, 6) is -0.917. The first-order chi connectivity index (χ1) is 9.52. The zero-order valence-electron chi connectivity index (χ0n) is 11.5. The molecular formula is C15H20N2O3. The van der Waals surface area contributed by atoms with Gasteiger partial charge < -0.3 is 20.3 Å². The van der Waals surface area contributed by atoms with Crippen LogP contribution in [0.4, 0.5) is 0 Å². The van der Waals surface area contributed by atoms with Gasteiger partial charge in [-0.15, -0.1) is 0 Å². The van der Waals surface area contributed by atoms with E-state index >= 15 is 0 Å². The van der Waals surface area contributed by atoms with Crippen LogP contribution in [0, 0.1) is 0 Å². The topological polar surface area (TPSA) is 68.0 Å². The van der Waals surface area contributed by atoms with Crippen LogP contribution in [0.3, 0.4) is 0 Å².